The number of benzene rings is 2. The molecular weight excluding hydrogens is 373 g/mol. The molecule has 6 heteroatoms. The third kappa shape index (κ3) is 5.13. The lowest BCUT2D eigenvalue weighted by atomic mass is 9.97. The van der Waals surface area contributed by atoms with E-state index in [2.05, 4.69) is 4.90 Å². The zero-order valence-corrected chi connectivity index (χ0v) is 15.8. The second-order valence-electron chi connectivity index (χ2n) is 6.57. The van der Waals surface area contributed by atoms with Crippen molar-refractivity contribution in [2.75, 3.05) is 13.1 Å². The van der Waals surface area contributed by atoms with E-state index in [4.69, 9.17) is 33.0 Å². The van der Waals surface area contributed by atoms with Gasteiger partial charge < -0.3 is 9.84 Å². The zero-order valence-electron chi connectivity index (χ0n) is 14.3. The molecule has 0 spiro atoms. The summed E-state index contributed by atoms with van der Waals surface area (Å²) in [5, 5.41) is 10.1. The van der Waals surface area contributed by atoms with Gasteiger partial charge in [0, 0.05) is 6.54 Å². The SMILES string of the molecule is O=C(O)C1CCN(Cc2ccc(OCc3ccc(Cl)c(Cl)c3)cc2)CC1. The monoisotopic (exact) mass is 393 g/mol. The van der Waals surface area contributed by atoms with Gasteiger partial charge in [0.2, 0.25) is 0 Å². The van der Waals surface area contributed by atoms with Crippen LogP contribution in [0.4, 0.5) is 0 Å². The molecule has 0 atom stereocenters. The Morgan fingerprint density at radius 3 is 2.31 bits per heavy atom. The number of hydrogen-bond donors (Lipinski definition) is 1. The molecule has 1 fully saturated rings. The molecule has 1 N–H and O–H groups in total. The van der Waals surface area contributed by atoms with E-state index in [-0.39, 0.29) is 5.92 Å². The molecule has 3 rings (SSSR count). The molecular formula is C20H21Cl2NO3. The quantitative estimate of drug-likeness (QED) is 0.760. The predicted molar refractivity (Wildman–Crippen MR) is 103 cm³/mol. The molecule has 2 aromatic carbocycles. The largest absolute Gasteiger partial charge is 0.489 e. The van der Waals surface area contributed by atoms with Crippen molar-refractivity contribution >= 4 is 29.2 Å². The number of ether oxygens (including phenoxy) is 1. The van der Waals surface area contributed by atoms with Crippen LogP contribution in [0.3, 0.4) is 0 Å². The molecule has 0 aromatic heterocycles. The summed E-state index contributed by atoms with van der Waals surface area (Å²) in [7, 11) is 0. The molecule has 1 saturated heterocycles. The van der Waals surface area contributed by atoms with Crippen LogP contribution in [0, 0.1) is 5.92 Å². The van der Waals surface area contributed by atoms with E-state index in [0.29, 0.717) is 16.7 Å². The molecule has 2 aromatic rings. The number of carboxylic acids is 1. The highest BCUT2D eigenvalue weighted by Crippen LogP contribution is 2.24. The summed E-state index contributed by atoms with van der Waals surface area (Å²) in [5.74, 6) is -0.0686. The number of carbonyl (C=O) groups is 1. The van der Waals surface area contributed by atoms with Gasteiger partial charge in [-0.05, 0) is 61.3 Å². The van der Waals surface area contributed by atoms with Crippen LogP contribution in [0.2, 0.25) is 10.0 Å². The van der Waals surface area contributed by atoms with E-state index in [1.807, 2.05) is 30.3 Å². The highest BCUT2D eigenvalue weighted by atomic mass is 35.5. The van der Waals surface area contributed by atoms with Gasteiger partial charge in [-0.15, -0.1) is 0 Å². The van der Waals surface area contributed by atoms with Crippen molar-refractivity contribution in [2.45, 2.75) is 26.0 Å². The van der Waals surface area contributed by atoms with E-state index < -0.39 is 5.97 Å². The van der Waals surface area contributed by atoms with Crippen molar-refractivity contribution in [3.8, 4) is 5.75 Å². The number of likely N-dealkylation sites (tertiary alicyclic amines) is 1. The summed E-state index contributed by atoms with van der Waals surface area (Å²) in [4.78, 5) is 13.3. The molecule has 1 heterocycles. The second kappa shape index (κ2) is 8.76. The number of nitrogens with zero attached hydrogens (tertiary/aromatic N) is 1. The predicted octanol–water partition coefficient (Wildman–Crippen LogP) is 4.87. The molecule has 0 amide bonds. The third-order valence-electron chi connectivity index (χ3n) is 4.66. The van der Waals surface area contributed by atoms with Crippen molar-refractivity contribution in [3.63, 3.8) is 0 Å². The minimum absolute atomic E-state index is 0.191. The fourth-order valence-corrected chi connectivity index (χ4v) is 3.40. The van der Waals surface area contributed by atoms with Crippen LogP contribution in [-0.2, 0) is 17.9 Å². The Labute approximate surface area is 163 Å². The molecule has 26 heavy (non-hydrogen) atoms. The number of carboxylic acid groups (broad SMARTS) is 1. The van der Waals surface area contributed by atoms with E-state index in [9.17, 15) is 4.79 Å². The molecule has 1 aliphatic heterocycles. The third-order valence-corrected chi connectivity index (χ3v) is 5.39. The Kier molecular flexibility index (Phi) is 6.41. The first-order valence-electron chi connectivity index (χ1n) is 8.62. The molecule has 1 aliphatic rings. The van der Waals surface area contributed by atoms with Crippen molar-refractivity contribution < 1.29 is 14.6 Å². The Balaban J connectivity index is 1.49. The Hall–Kier alpha value is -1.75. The average molecular weight is 394 g/mol. The van der Waals surface area contributed by atoms with E-state index in [1.165, 1.54) is 5.56 Å². The number of piperidine rings is 1. The maximum absolute atomic E-state index is 11.0. The topological polar surface area (TPSA) is 49.8 Å². The van der Waals surface area contributed by atoms with Crippen molar-refractivity contribution in [1.82, 2.24) is 4.90 Å². The van der Waals surface area contributed by atoms with Crippen LogP contribution >= 0.6 is 23.2 Å². The van der Waals surface area contributed by atoms with Crippen LogP contribution in [0.25, 0.3) is 0 Å². The van der Waals surface area contributed by atoms with Crippen molar-refractivity contribution in [1.29, 1.82) is 0 Å². The average Bonchev–Trinajstić information content (AvgIpc) is 2.64. The van der Waals surface area contributed by atoms with Gasteiger partial charge in [0.15, 0.2) is 0 Å². The first-order chi connectivity index (χ1) is 12.5. The van der Waals surface area contributed by atoms with Gasteiger partial charge in [-0.3, -0.25) is 9.69 Å². The maximum atomic E-state index is 11.0. The fourth-order valence-electron chi connectivity index (χ4n) is 3.08. The number of hydrogen-bond acceptors (Lipinski definition) is 3. The summed E-state index contributed by atoms with van der Waals surface area (Å²) in [6, 6.07) is 13.5. The fraction of sp³-hybridized carbons (Fsp3) is 0.350. The Bertz CT molecular complexity index is 756. The molecule has 0 radical (unpaired) electrons. The first-order valence-corrected chi connectivity index (χ1v) is 9.37. The van der Waals surface area contributed by atoms with Gasteiger partial charge >= 0.3 is 5.97 Å². The second-order valence-corrected chi connectivity index (χ2v) is 7.38. The van der Waals surface area contributed by atoms with Crippen LogP contribution in [0.1, 0.15) is 24.0 Å². The lowest BCUT2D eigenvalue weighted by Gasteiger charge is -2.30. The van der Waals surface area contributed by atoms with Crippen molar-refractivity contribution in [3.05, 3.63) is 63.6 Å². The van der Waals surface area contributed by atoms with Crippen LogP contribution < -0.4 is 4.74 Å². The first kappa shape index (κ1) is 19.0. The standard InChI is InChI=1S/C20H21Cl2NO3/c21-18-6-3-15(11-19(18)22)13-26-17-4-1-14(2-5-17)12-23-9-7-16(8-10-23)20(24)25/h1-6,11,16H,7-10,12-13H2,(H,24,25). The zero-order chi connectivity index (χ0) is 18.5. The molecule has 0 bridgehead atoms. The highest BCUT2D eigenvalue weighted by molar-refractivity contribution is 6.42. The lowest BCUT2D eigenvalue weighted by molar-refractivity contribution is -0.143. The normalized spacial score (nSPS) is 15.8. The Morgan fingerprint density at radius 1 is 1.04 bits per heavy atom. The number of rotatable bonds is 6. The smallest absolute Gasteiger partial charge is 0.306 e. The molecule has 4 nitrogen and oxygen atoms in total. The van der Waals surface area contributed by atoms with E-state index in [1.54, 1.807) is 12.1 Å². The van der Waals surface area contributed by atoms with Gasteiger partial charge in [-0.2, -0.15) is 0 Å². The van der Waals surface area contributed by atoms with Gasteiger partial charge in [0.05, 0.1) is 16.0 Å². The highest BCUT2D eigenvalue weighted by Gasteiger charge is 2.24. The summed E-state index contributed by atoms with van der Waals surface area (Å²) < 4.78 is 5.79. The van der Waals surface area contributed by atoms with Gasteiger partial charge in [-0.1, -0.05) is 41.4 Å². The van der Waals surface area contributed by atoms with Gasteiger partial charge in [0.1, 0.15) is 12.4 Å². The molecule has 0 aliphatic carbocycles. The lowest BCUT2D eigenvalue weighted by Crippen LogP contribution is -2.35. The number of aliphatic carboxylic acids is 1. The van der Waals surface area contributed by atoms with Crippen LogP contribution in [-0.4, -0.2) is 29.1 Å². The number of halogens is 2. The molecule has 0 saturated carbocycles. The summed E-state index contributed by atoms with van der Waals surface area (Å²) in [5.41, 5.74) is 2.16. The van der Waals surface area contributed by atoms with E-state index >= 15 is 0 Å². The minimum atomic E-state index is -0.673. The molecule has 138 valence electrons. The van der Waals surface area contributed by atoms with Gasteiger partial charge in [-0.25, -0.2) is 0 Å². The Morgan fingerprint density at radius 2 is 1.69 bits per heavy atom. The van der Waals surface area contributed by atoms with Crippen LogP contribution in [0.5, 0.6) is 5.75 Å². The van der Waals surface area contributed by atoms with E-state index in [0.717, 1.165) is 43.8 Å². The minimum Gasteiger partial charge on any atom is -0.489 e. The summed E-state index contributed by atoms with van der Waals surface area (Å²) in [6.45, 7) is 2.91. The summed E-state index contributed by atoms with van der Waals surface area (Å²) in [6.07, 6.45) is 1.44. The maximum Gasteiger partial charge on any atom is 0.306 e. The molecule has 0 unspecified atom stereocenters. The van der Waals surface area contributed by atoms with Crippen molar-refractivity contribution in [2.24, 2.45) is 5.92 Å². The summed E-state index contributed by atoms with van der Waals surface area (Å²) >= 11 is 11.9. The van der Waals surface area contributed by atoms with Gasteiger partial charge in [0.25, 0.3) is 0 Å². The van der Waals surface area contributed by atoms with Crippen LogP contribution in [0.15, 0.2) is 42.5 Å².